The molecule has 0 aromatic heterocycles. The molecule has 0 bridgehead atoms. The highest BCUT2D eigenvalue weighted by molar-refractivity contribution is 6.66. The molecule has 0 saturated heterocycles. The number of halogens is 2. The molecule has 2 saturated carbocycles. The van der Waals surface area contributed by atoms with Gasteiger partial charge in [-0.15, -0.1) is 0 Å². The largest absolute Gasteiger partial charge is 0.280 e. The molecule has 0 aliphatic heterocycles. The number of aliphatic imine (C=N–C) groups is 1. The summed E-state index contributed by atoms with van der Waals surface area (Å²) in [7, 11) is 0. The zero-order valence-corrected chi connectivity index (χ0v) is 16.1. The van der Waals surface area contributed by atoms with Crippen molar-refractivity contribution in [3.05, 3.63) is 34.9 Å². The summed E-state index contributed by atoms with van der Waals surface area (Å²) in [6.45, 7) is 0. The molecule has 25 heavy (non-hydrogen) atoms. The first-order valence-corrected chi connectivity index (χ1v) is 10.2. The molecule has 0 unspecified atom stereocenters. The van der Waals surface area contributed by atoms with Crippen molar-refractivity contribution in [3.63, 3.8) is 0 Å². The molecule has 1 amide bonds. The quantitative estimate of drug-likeness (QED) is 0.357. The van der Waals surface area contributed by atoms with Gasteiger partial charge >= 0.3 is 0 Å². The topological polar surface area (TPSA) is 32.7 Å². The van der Waals surface area contributed by atoms with Gasteiger partial charge in [-0.2, -0.15) is 0 Å². The van der Waals surface area contributed by atoms with E-state index in [1.807, 2.05) is 0 Å². The Bertz CT molecular complexity index is 603. The van der Waals surface area contributed by atoms with Gasteiger partial charge in [-0.05, 0) is 61.5 Å². The Kier molecular flexibility index (Phi) is 6.77. The Morgan fingerprint density at radius 1 is 0.920 bits per heavy atom. The van der Waals surface area contributed by atoms with Crippen LogP contribution >= 0.6 is 23.2 Å². The molecule has 0 atom stereocenters. The standard InChI is InChI=1S/C20H26Cl2N2O/c21-16-13-11-15(12-14-16)19(25)24(18-9-5-2-6-10-18)20(22)23-17-7-3-1-4-8-17/h11-14,17-18H,1-10H2. The van der Waals surface area contributed by atoms with E-state index < -0.39 is 0 Å². The molecule has 1 aromatic carbocycles. The van der Waals surface area contributed by atoms with Crippen LogP contribution in [0.5, 0.6) is 0 Å². The van der Waals surface area contributed by atoms with Crippen LogP contribution in [-0.4, -0.2) is 28.2 Å². The van der Waals surface area contributed by atoms with Gasteiger partial charge in [0.05, 0.1) is 6.04 Å². The second-order valence-corrected chi connectivity index (χ2v) is 7.94. The average Bonchev–Trinajstić information content (AvgIpc) is 2.64. The molecule has 0 N–H and O–H groups in total. The van der Waals surface area contributed by atoms with Crippen LogP contribution in [0.15, 0.2) is 29.3 Å². The highest BCUT2D eigenvalue weighted by atomic mass is 35.5. The van der Waals surface area contributed by atoms with Crippen molar-refractivity contribution in [2.75, 3.05) is 0 Å². The summed E-state index contributed by atoms with van der Waals surface area (Å²) < 4.78 is 0. The fourth-order valence-electron chi connectivity index (χ4n) is 3.89. The Hall–Kier alpha value is -1.06. The molecule has 3 nitrogen and oxygen atoms in total. The van der Waals surface area contributed by atoms with Crippen LogP contribution in [0, 0.1) is 0 Å². The van der Waals surface area contributed by atoms with Crippen molar-refractivity contribution in [2.45, 2.75) is 76.3 Å². The number of amides is 1. The summed E-state index contributed by atoms with van der Waals surface area (Å²) in [6.07, 6.45) is 11.3. The van der Waals surface area contributed by atoms with Crippen molar-refractivity contribution < 1.29 is 4.79 Å². The number of benzene rings is 1. The second-order valence-electron chi connectivity index (χ2n) is 7.16. The van der Waals surface area contributed by atoms with Gasteiger partial charge < -0.3 is 0 Å². The van der Waals surface area contributed by atoms with Gasteiger partial charge in [0.15, 0.2) is 0 Å². The minimum absolute atomic E-state index is 0.0619. The fraction of sp³-hybridized carbons (Fsp3) is 0.600. The van der Waals surface area contributed by atoms with Gasteiger partial charge in [-0.3, -0.25) is 14.7 Å². The number of carbonyl (C=O) groups excluding carboxylic acids is 1. The van der Waals surface area contributed by atoms with E-state index in [1.54, 1.807) is 29.2 Å². The van der Waals surface area contributed by atoms with Crippen LogP contribution < -0.4 is 0 Å². The third kappa shape index (κ3) is 4.98. The molecule has 136 valence electrons. The van der Waals surface area contributed by atoms with Crippen LogP contribution in [0.1, 0.15) is 74.6 Å². The lowest BCUT2D eigenvalue weighted by molar-refractivity contribution is 0.0779. The fourth-order valence-corrected chi connectivity index (χ4v) is 4.37. The van der Waals surface area contributed by atoms with Crippen LogP contribution in [0.2, 0.25) is 5.02 Å². The maximum Gasteiger partial charge on any atom is 0.260 e. The Morgan fingerprint density at radius 3 is 2.08 bits per heavy atom. The monoisotopic (exact) mass is 380 g/mol. The molecule has 5 heteroatoms. The van der Waals surface area contributed by atoms with E-state index in [-0.39, 0.29) is 18.0 Å². The van der Waals surface area contributed by atoms with Gasteiger partial charge in [0.2, 0.25) is 5.29 Å². The molecule has 2 aliphatic rings. The van der Waals surface area contributed by atoms with Crippen molar-refractivity contribution in [2.24, 2.45) is 4.99 Å². The first kappa shape index (κ1) is 18.7. The summed E-state index contributed by atoms with van der Waals surface area (Å²) >= 11 is 12.6. The highest BCUT2D eigenvalue weighted by Crippen LogP contribution is 2.27. The van der Waals surface area contributed by atoms with E-state index in [4.69, 9.17) is 28.2 Å². The summed E-state index contributed by atoms with van der Waals surface area (Å²) in [5.74, 6) is -0.0619. The normalized spacial score (nSPS) is 20.5. The molecule has 2 aliphatic carbocycles. The van der Waals surface area contributed by atoms with Crippen LogP contribution in [0.4, 0.5) is 0 Å². The van der Waals surface area contributed by atoms with Crippen LogP contribution in [0.25, 0.3) is 0 Å². The lowest BCUT2D eigenvalue weighted by Gasteiger charge is -2.33. The van der Waals surface area contributed by atoms with Gasteiger partial charge in [0.1, 0.15) is 0 Å². The van der Waals surface area contributed by atoms with Crippen molar-refractivity contribution >= 4 is 34.4 Å². The number of nitrogens with zero attached hydrogens (tertiary/aromatic N) is 2. The molecule has 0 heterocycles. The average molecular weight is 381 g/mol. The van der Waals surface area contributed by atoms with Crippen LogP contribution in [0.3, 0.4) is 0 Å². The van der Waals surface area contributed by atoms with E-state index in [0.29, 0.717) is 15.9 Å². The molecule has 3 rings (SSSR count). The summed E-state index contributed by atoms with van der Waals surface area (Å²) in [6, 6.07) is 7.44. The SMILES string of the molecule is O=C(c1ccc(Cl)cc1)N(C(Cl)=NC1CCCCC1)C1CCCCC1. The van der Waals surface area contributed by atoms with Crippen molar-refractivity contribution in [3.8, 4) is 0 Å². The van der Waals surface area contributed by atoms with E-state index >= 15 is 0 Å². The van der Waals surface area contributed by atoms with Gasteiger partial charge in [-0.1, -0.05) is 50.1 Å². The smallest absolute Gasteiger partial charge is 0.260 e. The Morgan fingerprint density at radius 2 is 1.48 bits per heavy atom. The predicted molar refractivity (Wildman–Crippen MR) is 105 cm³/mol. The van der Waals surface area contributed by atoms with Gasteiger partial charge in [0.25, 0.3) is 5.91 Å². The summed E-state index contributed by atoms with van der Waals surface area (Å²) in [4.78, 5) is 19.6. The lowest BCUT2D eigenvalue weighted by Crippen LogP contribution is -2.44. The minimum atomic E-state index is -0.0619. The maximum atomic E-state index is 13.2. The third-order valence-corrected chi connectivity index (χ3v) is 5.84. The van der Waals surface area contributed by atoms with Gasteiger partial charge in [0, 0.05) is 16.6 Å². The summed E-state index contributed by atoms with van der Waals surface area (Å²) in [5, 5.41) is 1.00. The molecular formula is C20H26Cl2N2O. The van der Waals surface area contributed by atoms with Crippen molar-refractivity contribution in [1.82, 2.24) is 4.90 Å². The van der Waals surface area contributed by atoms with Gasteiger partial charge in [-0.25, -0.2) is 0 Å². The van der Waals surface area contributed by atoms with E-state index in [9.17, 15) is 4.79 Å². The van der Waals surface area contributed by atoms with Crippen LogP contribution in [-0.2, 0) is 0 Å². The molecule has 0 radical (unpaired) electrons. The first-order chi connectivity index (χ1) is 12.1. The number of rotatable bonds is 3. The predicted octanol–water partition coefficient (Wildman–Crippen LogP) is 6.04. The third-order valence-electron chi connectivity index (χ3n) is 5.31. The lowest BCUT2D eigenvalue weighted by atomic mass is 9.94. The second kappa shape index (κ2) is 9.05. The summed E-state index contributed by atoms with van der Waals surface area (Å²) in [5.41, 5.74) is 0.618. The number of carbonyl (C=O) groups is 1. The molecule has 0 spiro atoms. The van der Waals surface area contributed by atoms with E-state index in [2.05, 4.69) is 0 Å². The molecular weight excluding hydrogens is 355 g/mol. The van der Waals surface area contributed by atoms with E-state index in [1.165, 1.54) is 25.7 Å². The molecule has 2 fully saturated rings. The zero-order valence-electron chi connectivity index (χ0n) is 14.6. The first-order valence-electron chi connectivity index (χ1n) is 9.47. The number of hydrogen-bond acceptors (Lipinski definition) is 2. The molecule has 1 aromatic rings. The maximum absolute atomic E-state index is 13.2. The minimum Gasteiger partial charge on any atom is -0.280 e. The van der Waals surface area contributed by atoms with Crippen molar-refractivity contribution in [1.29, 1.82) is 0 Å². The number of amidine groups is 1. The zero-order chi connectivity index (χ0) is 17.6. The number of hydrogen-bond donors (Lipinski definition) is 0. The highest BCUT2D eigenvalue weighted by Gasteiger charge is 2.30. The Balaban J connectivity index is 1.84. The van der Waals surface area contributed by atoms with E-state index in [0.717, 1.165) is 38.5 Å². The Labute approximate surface area is 160 Å².